The molecule has 0 aliphatic rings. The SMILES string of the molecule is Cc1ccc2cccc(OCC(C)(N)C#N)c2n1. The van der Waals surface area contributed by atoms with Gasteiger partial charge in [0.2, 0.25) is 0 Å². The number of fused-ring (bicyclic) bond motifs is 1. The van der Waals surface area contributed by atoms with Crippen LogP contribution in [0, 0.1) is 18.3 Å². The summed E-state index contributed by atoms with van der Waals surface area (Å²) in [5.74, 6) is 0.656. The highest BCUT2D eigenvalue weighted by molar-refractivity contribution is 5.84. The predicted octanol–water partition coefficient (Wildman–Crippen LogP) is 2.16. The lowest BCUT2D eigenvalue weighted by Gasteiger charge is -2.17. The molecule has 92 valence electrons. The van der Waals surface area contributed by atoms with Gasteiger partial charge in [-0.3, -0.25) is 0 Å². The molecule has 1 heterocycles. The number of aromatic nitrogens is 1. The fourth-order valence-corrected chi connectivity index (χ4v) is 1.59. The fourth-order valence-electron chi connectivity index (χ4n) is 1.59. The number of nitrogens with two attached hydrogens (primary N) is 1. The van der Waals surface area contributed by atoms with Gasteiger partial charge < -0.3 is 10.5 Å². The maximum atomic E-state index is 8.86. The van der Waals surface area contributed by atoms with Gasteiger partial charge in [-0.2, -0.15) is 5.26 Å². The number of benzene rings is 1. The Labute approximate surface area is 106 Å². The number of para-hydroxylation sites is 1. The minimum Gasteiger partial charge on any atom is -0.488 e. The van der Waals surface area contributed by atoms with Crippen molar-refractivity contribution in [2.24, 2.45) is 5.73 Å². The second-order valence-electron chi connectivity index (χ2n) is 4.60. The Hall–Kier alpha value is -2.12. The van der Waals surface area contributed by atoms with Gasteiger partial charge in [-0.15, -0.1) is 0 Å². The average Bonchev–Trinajstić information content (AvgIpc) is 2.36. The summed E-state index contributed by atoms with van der Waals surface area (Å²) in [6.07, 6.45) is 0. The van der Waals surface area contributed by atoms with Gasteiger partial charge in [0.05, 0.1) is 6.07 Å². The molecule has 0 saturated carbocycles. The molecule has 1 unspecified atom stereocenters. The molecule has 2 N–H and O–H groups in total. The molecule has 0 spiro atoms. The number of hydrogen-bond donors (Lipinski definition) is 1. The van der Waals surface area contributed by atoms with Crippen LogP contribution in [-0.2, 0) is 0 Å². The number of nitriles is 1. The van der Waals surface area contributed by atoms with Gasteiger partial charge in [-0.25, -0.2) is 4.98 Å². The van der Waals surface area contributed by atoms with Crippen molar-refractivity contribution >= 4 is 10.9 Å². The normalized spacial score (nSPS) is 13.9. The van der Waals surface area contributed by atoms with Crippen molar-refractivity contribution < 1.29 is 4.74 Å². The van der Waals surface area contributed by atoms with Gasteiger partial charge in [0, 0.05) is 11.1 Å². The molecule has 0 aliphatic heterocycles. The van der Waals surface area contributed by atoms with Gasteiger partial charge in [-0.05, 0) is 26.0 Å². The Morgan fingerprint density at radius 2 is 2.17 bits per heavy atom. The maximum absolute atomic E-state index is 8.86. The number of rotatable bonds is 3. The van der Waals surface area contributed by atoms with Crippen LogP contribution in [0.2, 0.25) is 0 Å². The highest BCUT2D eigenvalue weighted by atomic mass is 16.5. The smallest absolute Gasteiger partial charge is 0.145 e. The number of aryl methyl sites for hydroxylation is 1. The van der Waals surface area contributed by atoms with Crippen molar-refractivity contribution in [1.82, 2.24) is 4.98 Å². The Kier molecular flexibility index (Phi) is 3.17. The van der Waals surface area contributed by atoms with Crippen LogP contribution in [0.15, 0.2) is 30.3 Å². The zero-order valence-electron chi connectivity index (χ0n) is 10.5. The van der Waals surface area contributed by atoms with Crippen LogP contribution in [0.3, 0.4) is 0 Å². The summed E-state index contributed by atoms with van der Waals surface area (Å²) in [5.41, 5.74) is 6.46. The Balaban J connectivity index is 2.34. The first-order valence-corrected chi connectivity index (χ1v) is 5.71. The molecule has 0 radical (unpaired) electrons. The lowest BCUT2D eigenvalue weighted by atomic mass is 10.1. The molecule has 0 saturated heterocycles. The summed E-state index contributed by atoms with van der Waals surface area (Å²) in [6.45, 7) is 3.70. The zero-order valence-corrected chi connectivity index (χ0v) is 10.5. The largest absolute Gasteiger partial charge is 0.488 e. The van der Waals surface area contributed by atoms with Gasteiger partial charge in [0.15, 0.2) is 0 Å². The summed E-state index contributed by atoms with van der Waals surface area (Å²) in [4.78, 5) is 4.45. The molecule has 4 heteroatoms. The summed E-state index contributed by atoms with van der Waals surface area (Å²) in [6, 6.07) is 11.7. The minimum atomic E-state index is -0.994. The van der Waals surface area contributed by atoms with Crippen molar-refractivity contribution in [2.75, 3.05) is 6.61 Å². The van der Waals surface area contributed by atoms with Gasteiger partial charge >= 0.3 is 0 Å². The van der Waals surface area contributed by atoms with Crippen molar-refractivity contribution in [2.45, 2.75) is 19.4 Å². The van der Waals surface area contributed by atoms with Crippen molar-refractivity contribution in [3.8, 4) is 11.8 Å². The van der Waals surface area contributed by atoms with Crippen LogP contribution in [0.5, 0.6) is 5.75 Å². The van der Waals surface area contributed by atoms with Crippen LogP contribution in [0.1, 0.15) is 12.6 Å². The van der Waals surface area contributed by atoms with E-state index in [1.54, 1.807) is 6.92 Å². The molecule has 1 atom stereocenters. The highest BCUT2D eigenvalue weighted by Crippen LogP contribution is 2.24. The molecule has 1 aromatic carbocycles. The third-order valence-corrected chi connectivity index (χ3v) is 2.61. The Bertz CT molecular complexity index is 614. The molecule has 0 fully saturated rings. The second kappa shape index (κ2) is 4.63. The zero-order chi connectivity index (χ0) is 13.2. The summed E-state index contributed by atoms with van der Waals surface area (Å²) >= 11 is 0. The van der Waals surface area contributed by atoms with Gasteiger partial charge in [0.1, 0.15) is 23.4 Å². The lowest BCUT2D eigenvalue weighted by molar-refractivity contribution is 0.267. The average molecular weight is 241 g/mol. The summed E-state index contributed by atoms with van der Waals surface area (Å²) < 4.78 is 5.62. The standard InChI is InChI=1S/C14H15N3O/c1-10-6-7-11-4-3-5-12(13(11)17-10)18-9-14(2,16)8-15/h3-7H,9,16H2,1-2H3. The molecule has 1 aromatic heterocycles. The fraction of sp³-hybridized carbons (Fsp3) is 0.286. The van der Waals surface area contributed by atoms with Gasteiger partial charge in [-0.1, -0.05) is 18.2 Å². The molecule has 2 aromatic rings. The van der Waals surface area contributed by atoms with E-state index >= 15 is 0 Å². The van der Waals surface area contributed by atoms with E-state index in [1.807, 2.05) is 43.3 Å². The molecule has 18 heavy (non-hydrogen) atoms. The van der Waals surface area contributed by atoms with E-state index in [-0.39, 0.29) is 6.61 Å². The predicted molar refractivity (Wildman–Crippen MR) is 70.2 cm³/mol. The molecule has 4 nitrogen and oxygen atoms in total. The highest BCUT2D eigenvalue weighted by Gasteiger charge is 2.18. The van der Waals surface area contributed by atoms with E-state index in [2.05, 4.69) is 4.98 Å². The monoisotopic (exact) mass is 241 g/mol. The number of hydrogen-bond acceptors (Lipinski definition) is 4. The van der Waals surface area contributed by atoms with Crippen molar-refractivity contribution in [1.29, 1.82) is 5.26 Å². The maximum Gasteiger partial charge on any atom is 0.145 e. The van der Waals surface area contributed by atoms with E-state index < -0.39 is 5.54 Å². The lowest BCUT2D eigenvalue weighted by Crippen LogP contribution is -2.40. The van der Waals surface area contributed by atoms with Gasteiger partial charge in [0.25, 0.3) is 0 Å². The number of nitrogens with zero attached hydrogens (tertiary/aromatic N) is 2. The molecule has 0 aliphatic carbocycles. The van der Waals surface area contributed by atoms with Crippen LogP contribution >= 0.6 is 0 Å². The molecule has 2 rings (SSSR count). The quantitative estimate of drug-likeness (QED) is 0.893. The Morgan fingerprint density at radius 1 is 1.39 bits per heavy atom. The first kappa shape index (κ1) is 12.3. The summed E-state index contributed by atoms with van der Waals surface area (Å²) in [5, 5.41) is 9.87. The van der Waals surface area contributed by atoms with Crippen LogP contribution in [0.4, 0.5) is 0 Å². The van der Waals surface area contributed by atoms with E-state index in [0.29, 0.717) is 5.75 Å². The third kappa shape index (κ3) is 2.58. The second-order valence-corrected chi connectivity index (χ2v) is 4.60. The van der Waals surface area contributed by atoms with Crippen LogP contribution in [0.25, 0.3) is 10.9 Å². The molecular formula is C14H15N3O. The van der Waals surface area contributed by atoms with Crippen molar-refractivity contribution in [3.05, 3.63) is 36.0 Å². The Morgan fingerprint density at radius 3 is 2.89 bits per heavy atom. The first-order chi connectivity index (χ1) is 8.52. The first-order valence-electron chi connectivity index (χ1n) is 5.71. The van der Waals surface area contributed by atoms with Crippen LogP contribution < -0.4 is 10.5 Å². The van der Waals surface area contributed by atoms with E-state index in [4.69, 9.17) is 15.7 Å². The topological polar surface area (TPSA) is 71.9 Å². The third-order valence-electron chi connectivity index (χ3n) is 2.61. The van der Waals surface area contributed by atoms with E-state index in [0.717, 1.165) is 16.6 Å². The summed E-state index contributed by atoms with van der Waals surface area (Å²) in [7, 11) is 0. The number of ether oxygens (including phenoxy) is 1. The van der Waals surface area contributed by atoms with E-state index in [1.165, 1.54) is 0 Å². The van der Waals surface area contributed by atoms with Crippen molar-refractivity contribution in [3.63, 3.8) is 0 Å². The van der Waals surface area contributed by atoms with Crippen LogP contribution in [-0.4, -0.2) is 17.1 Å². The minimum absolute atomic E-state index is 0.137. The number of pyridine rings is 1. The van der Waals surface area contributed by atoms with E-state index in [9.17, 15) is 0 Å². The molecule has 0 amide bonds. The molecule has 0 bridgehead atoms. The molecular weight excluding hydrogens is 226 g/mol.